The number of benzene rings is 1. The predicted octanol–water partition coefficient (Wildman–Crippen LogP) is 4.20. The van der Waals surface area contributed by atoms with Gasteiger partial charge in [-0.25, -0.2) is 4.79 Å². The molecule has 2 unspecified atom stereocenters. The molecule has 6 nitrogen and oxygen atoms in total. The molecule has 0 saturated carbocycles. The zero-order valence-electron chi connectivity index (χ0n) is 18.9. The lowest BCUT2D eigenvalue weighted by molar-refractivity contribution is -0.167. The summed E-state index contributed by atoms with van der Waals surface area (Å²) in [6, 6.07) is 10.1. The first-order valence-electron chi connectivity index (χ1n) is 11.1. The SMILES string of the molecule is CCCCOC(=O)N1CCC(CCc2ccccc2)(C(O)C(C)(C)C(=O)OCC)C1. The van der Waals surface area contributed by atoms with E-state index >= 15 is 0 Å². The molecule has 0 radical (unpaired) electrons. The number of carbonyl (C=O) groups excluding carboxylic acids is 2. The highest BCUT2D eigenvalue weighted by atomic mass is 16.6. The number of aliphatic hydroxyl groups excluding tert-OH is 1. The molecule has 1 aliphatic heterocycles. The first kappa shape index (κ1) is 24.2. The Hall–Kier alpha value is -2.08. The van der Waals surface area contributed by atoms with Crippen molar-refractivity contribution in [2.45, 2.75) is 65.9 Å². The van der Waals surface area contributed by atoms with E-state index in [1.807, 2.05) is 25.1 Å². The van der Waals surface area contributed by atoms with Crippen molar-refractivity contribution in [2.24, 2.45) is 10.8 Å². The average molecular weight is 420 g/mol. The van der Waals surface area contributed by atoms with E-state index in [-0.39, 0.29) is 12.7 Å². The van der Waals surface area contributed by atoms with Gasteiger partial charge in [0.05, 0.1) is 24.7 Å². The molecule has 0 aromatic heterocycles. The van der Waals surface area contributed by atoms with E-state index in [1.165, 1.54) is 5.56 Å². The molecule has 0 spiro atoms. The number of aryl methyl sites for hydroxylation is 1. The van der Waals surface area contributed by atoms with Crippen molar-refractivity contribution in [1.29, 1.82) is 0 Å². The van der Waals surface area contributed by atoms with Gasteiger partial charge in [0.1, 0.15) is 0 Å². The normalized spacial score (nSPS) is 20.1. The maximum Gasteiger partial charge on any atom is 0.409 e. The van der Waals surface area contributed by atoms with E-state index in [9.17, 15) is 14.7 Å². The molecule has 0 bridgehead atoms. The third-order valence-electron chi connectivity index (χ3n) is 6.19. The molecule has 1 aromatic carbocycles. The van der Waals surface area contributed by atoms with Crippen molar-refractivity contribution < 1.29 is 24.2 Å². The second-order valence-electron chi connectivity index (χ2n) is 8.83. The largest absolute Gasteiger partial charge is 0.466 e. The van der Waals surface area contributed by atoms with Crippen LogP contribution in [0.25, 0.3) is 0 Å². The summed E-state index contributed by atoms with van der Waals surface area (Å²) in [4.78, 5) is 26.8. The number of carbonyl (C=O) groups is 2. The third kappa shape index (κ3) is 5.75. The summed E-state index contributed by atoms with van der Waals surface area (Å²) in [5, 5.41) is 11.4. The summed E-state index contributed by atoms with van der Waals surface area (Å²) >= 11 is 0. The third-order valence-corrected chi connectivity index (χ3v) is 6.19. The Balaban J connectivity index is 2.20. The lowest BCUT2D eigenvalue weighted by atomic mass is 9.66. The molecular weight excluding hydrogens is 382 g/mol. The van der Waals surface area contributed by atoms with Crippen LogP contribution in [-0.4, -0.2) is 54.5 Å². The number of aliphatic hydroxyl groups is 1. The Morgan fingerprint density at radius 1 is 1.20 bits per heavy atom. The van der Waals surface area contributed by atoms with E-state index in [2.05, 4.69) is 12.1 Å². The fourth-order valence-electron chi connectivity index (χ4n) is 4.24. The van der Waals surface area contributed by atoms with Crippen LogP contribution in [0.4, 0.5) is 4.79 Å². The van der Waals surface area contributed by atoms with Crippen LogP contribution >= 0.6 is 0 Å². The Kier molecular flexibility index (Phi) is 8.71. The molecule has 2 atom stereocenters. The number of rotatable bonds is 10. The lowest BCUT2D eigenvalue weighted by Gasteiger charge is -2.41. The number of unbranched alkanes of at least 4 members (excludes halogenated alkanes) is 1. The van der Waals surface area contributed by atoms with Crippen molar-refractivity contribution in [3.63, 3.8) is 0 Å². The van der Waals surface area contributed by atoms with Crippen molar-refractivity contribution in [2.75, 3.05) is 26.3 Å². The zero-order chi connectivity index (χ0) is 22.2. The minimum Gasteiger partial charge on any atom is -0.466 e. The van der Waals surface area contributed by atoms with Gasteiger partial charge < -0.3 is 19.5 Å². The molecule has 2 rings (SSSR count). The van der Waals surface area contributed by atoms with Gasteiger partial charge in [-0.3, -0.25) is 4.79 Å². The quantitative estimate of drug-likeness (QED) is 0.454. The Morgan fingerprint density at radius 2 is 1.90 bits per heavy atom. The van der Waals surface area contributed by atoms with Crippen LogP contribution in [0.3, 0.4) is 0 Å². The van der Waals surface area contributed by atoms with Gasteiger partial charge in [-0.2, -0.15) is 0 Å². The maximum atomic E-state index is 12.6. The molecule has 6 heteroatoms. The highest BCUT2D eigenvalue weighted by molar-refractivity contribution is 5.77. The van der Waals surface area contributed by atoms with Crippen LogP contribution in [0.1, 0.15) is 58.9 Å². The average Bonchev–Trinajstić information content (AvgIpc) is 3.18. The monoisotopic (exact) mass is 419 g/mol. The van der Waals surface area contributed by atoms with Gasteiger partial charge in [-0.15, -0.1) is 0 Å². The second-order valence-corrected chi connectivity index (χ2v) is 8.83. The van der Waals surface area contributed by atoms with E-state index in [4.69, 9.17) is 9.47 Å². The predicted molar refractivity (Wildman–Crippen MR) is 116 cm³/mol. The summed E-state index contributed by atoms with van der Waals surface area (Å²) in [6.45, 7) is 8.80. The van der Waals surface area contributed by atoms with E-state index in [0.29, 0.717) is 32.5 Å². The van der Waals surface area contributed by atoms with Gasteiger partial charge >= 0.3 is 12.1 Å². The number of hydrogen-bond donors (Lipinski definition) is 1. The van der Waals surface area contributed by atoms with E-state index in [0.717, 1.165) is 19.3 Å². The number of hydrogen-bond acceptors (Lipinski definition) is 5. The van der Waals surface area contributed by atoms with Crippen LogP contribution in [0.2, 0.25) is 0 Å². The van der Waals surface area contributed by atoms with Crippen molar-refractivity contribution in [3.05, 3.63) is 35.9 Å². The van der Waals surface area contributed by atoms with Gasteiger partial charge in [0, 0.05) is 18.5 Å². The van der Waals surface area contributed by atoms with Crippen LogP contribution in [0.5, 0.6) is 0 Å². The molecular formula is C24H37NO5. The van der Waals surface area contributed by atoms with Crippen molar-refractivity contribution in [1.82, 2.24) is 4.90 Å². The van der Waals surface area contributed by atoms with Gasteiger partial charge in [0.25, 0.3) is 0 Å². The standard InChI is InChI=1S/C24H37NO5/c1-5-7-17-30-22(28)25-16-15-24(18-25,14-13-19-11-9-8-10-12-19)20(26)23(3,4)21(27)29-6-2/h8-12,20,26H,5-7,13-18H2,1-4H3. The fraction of sp³-hybridized carbons (Fsp3) is 0.667. The molecule has 1 amide bonds. The number of amides is 1. The number of nitrogens with zero attached hydrogens (tertiary/aromatic N) is 1. The molecule has 1 aromatic rings. The highest BCUT2D eigenvalue weighted by Gasteiger charge is 2.53. The first-order chi connectivity index (χ1) is 14.3. The Labute approximate surface area is 180 Å². The summed E-state index contributed by atoms with van der Waals surface area (Å²) < 4.78 is 10.6. The van der Waals surface area contributed by atoms with Crippen LogP contribution in [-0.2, 0) is 20.7 Å². The molecule has 30 heavy (non-hydrogen) atoms. The Bertz CT molecular complexity index is 690. The highest BCUT2D eigenvalue weighted by Crippen LogP contribution is 2.45. The van der Waals surface area contributed by atoms with Gasteiger partial charge in [0.2, 0.25) is 0 Å². The summed E-state index contributed by atoms with van der Waals surface area (Å²) in [5.41, 5.74) is -0.507. The van der Waals surface area contributed by atoms with Gasteiger partial charge in [-0.05, 0) is 52.0 Å². The van der Waals surface area contributed by atoms with E-state index < -0.39 is 22.9 Å². The van der Waals surface area contributed by atoms with Crippen LogP contribution in [0, 0.1) is 10.8 Å². The fourth-order valence-corrected chi connectivity index (χ4v) is 4.24. The summed E-state index contributed by atoms with van der Waals surface area (Å²) in [6.07, 6.45) is 2.55. The molecule has 0 aliphatic carbocycles. The topological polar surface area (TPSA) is 76.1 Å². The second kappa shape index (κ2) is 10.8. The molecule has 1 heterocycles. The van der Waals surface area contributed by atoms with Gasteiger partial charge in [-0.1, -0.05) is 43.7 Å². The van der Waals surface area contributed by atoms with Crippen molar-refractivity contribution >= 4 is 12.1 Å². The molecule has 1 saturated heterocycles. The van der Waals surface area contributed by atoms with E-state index in [1.54, 1.807) is 25.7 Å². The van der Waals surface area contributed by atoms with Crippen LogP contribution < -0.4 is 0 Å². The molecule has 168 valence electrons. The zero-order valence-corrected chi connectivity index (χ0v) is 18.9. The molecule has 1 N–H and O–H groups in total. The van der Waals surface area contributed by atoms with Crippen molar-refractivity contribution in [3.8, 4) is 0 Å². The lowest BCUT2D eigenvalue weighted by Crippen LogP contribution is -2.51. The maximum absolute atomic E-state index is 12.6. The van der Waals surface area contributed by atoms with Crippen LogP contribution in [0.15, 0.2) is 30.3 Å². The minimum atomic E-state index is -1.07. The summed E-state index contributed by atoms with van der Waals surface area (Å²) in [7, 11) is 0. The van der Waals surface area contributed by atoms with Gasteiger partial charge in [0.15, 0.2) is 0 Å². The molecule has 1 fully saturated rings. The number of likely N-dealkylation sites (tertiary alicyclic amines) is 1. The smallest absolute Gasteiger partial charge is 0.409 e. The first-order valence-corrected chi connectivity index (χ1v) is 11.1. The minimum absolute atomic E-state index is 0.266. The number of esters is 1. The Morgan fingerprint density at radius 3 is 2.53 bits per heavy atom. The summed E-state index contributed by atoms with van der Waals surface area (Å²) in [5.74, 6) is -0.416. The molecule has 1 aliphatic rings. The number of ether oxygens (including phenoxy) is 2.